The van der Waals surface area contributed by atoms with Gasteiger partial charge in [-0.2, -0.15) is 4.73 Å². The SMILES string of the molecule is COc1ccc2cc[n+]([O-])cc2c1.Cl. The van der Waals surface area contributed by atoms with Crippen LogP contribution in [0.3, 0.4) is 0 Å². The Bertz CT molecular complexity index is 445. The average Bonchev–Trinajstić information content (AvgIpc) is 2.16. The summed E-state index contributed by atoms with van der Waals surface area (Å²) in [6, 6.07) is 7.41. The summed E-state index contributed by atoms with van der Waals surface area (Å²) in [6.07, 6.45) is 3.01. The molecule has 0 aliphatic heterocycles. The molecule has 1 aromatic heterocycles. The van der Waals surface area contributed by atoms with Crippen molar-refractivity contribution in [2.45, 2.75) is 0 Å². The molecule has 4 heteroatoms. The summed E-state index contributed by atoms with van der Waals surface area (Å²) < 4.78 is 5.83. The first-order valence-electron chi connectivity index (χ1n) is 3.96. The fourth-order valence-corrected chi connectivity index (χ4v) is 1.28. The van der Waals surface area contributed by atoms with E-state index in [1.54, 1.807) is 13.2 Å². The molecule has 0 aliphatic carbocycles. The minimum absolute atomic E-state index is 0. The van der Waals surface area contributed by atoms with E-state index < -0.39 is 0 Å². The fraction of sp³-hybridized carbons (Fsp3) is 0.100. The first-order valence-corrected chi connectivity index (χ1v) is 3.96. The highest BCUT2D eigenvalue weighted by Crippen LogP contribution is 2.18. The third kappa shape index (κ3) is 1.88. The minimum atomic E-state index is 0. The van der Waals surface area contributed by atoms with Crippen LogP contribution in [0.15, 0.2) is 36.7 Å². The van der Waals surface area contributed by atoms with Crippen molar-refractivity contribution in [2.24, 2.45) is 0 Å². The van der Waals surface area contributed by atoms with Crippen molar-refractivity contribution in [3.63, 3.8) is 0 Å². The molecule has 0 spiro atoms. The molecule has 0 atom stereocenters. The van der Waals surface area contributed by atoms with Gasteiger partial charge < -0.3 is 9.94 Å². The van der Waals surface area contributed by atoms with Gasteiger partial charge in [0.25, 0.3) is 0 Å². The second-order valence-electron chi connectivity index (χ2n) is 2.80. The van der Waals surface area contributed by atoms with Gasteiger partial charge in [0.1, 0.15) is 5.75 Å². The maximum absolute atomic E-state index is 11.0. The number of pyridine rings is 1. The van der Waals surface area contributed by atoms with E-state index in [-0.39, 0.29) is 12.4 Å². The number of nitrogens with zero attached hydrogens (tertiary/aromatic N) is 1. The van der Waals surface area contributed by atoms with Gasteiger partial charge in [-0.25, -0.2) is 0 Å². The van der Waals surface area contributed by atoms with E-state index in [0.717, 1.165) is 21.3 Å². The third-order valence-electron chi connectivity index (χ3n) is 1.96. The largest absolute Gasteiger partial charge is 0.619 e. The van der Waals surface area contributed by atoms with Crippen LogP contribution in [0.4, 0.5) is 0 Å². The van der Waals surface area contributed by atoms with Gasteiger partial charge in [-0.05, 0) is 17.5 Å². The highest BCUT2D eigenvalue weighted by atomic mass is 35.5. The van der Waals surface area contributed by atoms with E-state index in [0.29, 0.717) is 0 Å². The maximum Gasteiger partial charge on any atom is 0.188 e. The molecule has 0 radical (unpaired) electrons. The van der Waals surface area contributed by atoms with Gasteiger partial charge in [0.15, 0.2) is 12.4 Å². The maximum atomic E-state index is 11.0. The van der Waals surface area contributed by atoms with Crippen LogP contribution in [0.2, 0.25) is 0 Å². The number of aromatic nitrogens is 1. The molecule has 74 valence electrons. The van der Waals surface area contributed by atoms with Gasteiger partial charge >= 0.3 is 0 Å². The highest BCUT2D eigenvalue weighted by Gasteiger charge is 1.98. The van der Waals surface area contributed by atoms with Crippen LogP contribution in [0.25, 0.3) is 10.8 Å². The Morgan fingerprint density at radius 3 is 2.71 bits per heavy atom. The van der Waals surface area contributed by atoms with Gasteiger partial charge in [0.2, 0.25) is 0 Å². The van der Waals surface area contributed by atoms with Gasteiger partial charge in [-0.3, -0.25) is 0 Å². The summed E-state index contributed by atoms with van der Waals surface area (Å²) in [5.74, 6) is 0.763. The third-order valence-corrected chi connectivity index (χ3v) is 1.96. The Labute approximate surface area is 87.9 Å². The zero-order valence-electron chi connectivity index (χ0n) is 7.64. The lowest BCUT2D eigenvalue weighted by molar-refractivity contribution is -0.603. The molecule has 0 amide bonds. The van der Waals surface area contributed by atoms with Crippen molar-refractivity contribution in [1.82, 2.24) is 0 Å². The quantitative estimate of drug-likeness (QED) is 0.534. The van der Waals surface area contributed by atoms with Crippen LogP contribution in [-0.2, 0) is 0 Å². The molecule has 0 fully saturated rings. The van der Waals surface area contributed by atoms with E-state index in [9.17, 15) is 5.21 Å². The molecule has 0 saturated carbocycles. The zero-order valence-corrected chi connectivity index (χ0v) is 8.45. The predicted octanol–water partition coefficient (Wildman–Crippen LogP) is 1.90. The smallest absolute Gasteiger partial charge is 0.188 e. The molecular formula is C10H10ClNO2. The van der Waals surface area contributed by atoms with Crippen molar-refractivity contribution in [1.29, 1.82) is 0 Å². The second-order valence-corrected chi connectivity index (χ2v) is 2.80. The summed E-state index contributed by atoms with van der Waals surface area (Å²) >= 11 is 0. The van der Waals surface area contributed by atoms with Crippen LogP contribution >= 0.6 is 12.4 Å². The number of methoxy groups -OCH3 is 1. The standard InChI is InChI=1S/C10H9NO2.ClH/c1-13-10-3-2-8-4-5-11(12)7-9(8)6-10;/h2-7H,1H3;1H. The molecule has 0 N–H and O–H groups in total. The Kier molecular flexibility index (Phi) is 3.14. The number of rotatable bonds is 1. The number of benzene rings is 1. The number of hydrogen-bond donors (Lipinski definition) is 0. The number of hydrogen-bond acceptors (Lipinski definition) is 2. The number of halogens is 1. The first-order chi connectivity index (χ1) is 6.29. The highest BCUT2D eigenvalue weighted by molar-refractivity contribution is 5.85. The first kappa shape index (κ1) is 10.6. The molecule has 2 aromatic rings. The molecule has 0 saturated heterocycles. The Morgan fingerprint density at radius 2 is 2.00 bits per heavy atom. The van der Waals surface area contributed by atoms with E-state index in [4.69, 9.17) is 4.74 Å². The minimum Gasteiger partial charge on any atom is -0.619 e. The lowest BCUT2D eigenvalue weighted by atomic mass is 10.2. The monoisotopic (exact) mass is 211 g/mol. The van der Waals surface area contributed by atoms with Crippen LogP contribution in [-0.4, -0.2) is 7.11 Å². The molecule has 2 rings (SSSR count). The van der Waals surface area contributed by atoms with Crippen molar-refractivity contribution in [3.05, 3.63) is 41.9 Å². The van der Waals surface area contributed by atoms with Gasteiger partial charge in [0, 0.05) is 6.07 Å². The lowest BCUT2D eigenvalue weighted by Crippen LogP contribution is -2.23. The van der Waals surface area contributed by atoms with Crippen molar-refractivity contribution < 1.29 is 9.47 Å². The van der Waals surface area contributed by atoms with Crippen molar-refractivity contribution >= 4 is 23.2 Å². The number of fused-ring (bicyclic) bond motifs is 1. The molecule has 14 heavy (non-hydrogen) atoms. The summed E-state index contributed by atoms with van der Waals surface area (Å²) in [6.45, 7) is 0. The normalized spacial score (nSPS) is 9.50. The Hall–Kier alpha value is -1.48. The van der Waals surface area contributed by atoms with Crippen molar-refractivity contribution in [2.75, 3.05) is 7.11 Å². The predicted molar refractivity (Wildman–Crippen MR) is 56.7 cm³/mol. The molecular weight excluding hydrogens is 202 g/mol. The molecule has 0 aliphatic rings. The summed E-state index contributed by atoms with van der Waals surface area (Å²) in [5.41, 5.74) is 0. The van der Waals surface area contributed by atoms with Gasteiger partial charge in [-0.15, -0.1) is 12.4 Å². The zero-order chi connectivity index (χ0) is 9.26. The molecule has 3 nitrogen and oxygen atoms in total. The second kappa shape index (κ2) is 4.15. The fourth-order valence-electron chi connectivity index (χ4n) is 1.28. The van der Waals surface area contributed by atoms with E-state index in [1.807, 2.05) is 18.2 Å². The van der Waals surface area contributed by atoms with E-state index >= 15 is 0 Å². The Balaban J connectivity index is 0.000000980. The van der Waals surface area contributed by atoms with E-state index in [1.165, 1.54) is 12.4 Å². The van der Waals surface area contributed by atoms with Crippen molar-refractivity contribution in [3.8, 4) is 5.75 Å². The van der Waals surface area contributed by atoms with Crippen LogP contribution in [0.1, 0.15) is 0 Å². The van der Waals surface area contributed by atoms with Gasteiger partial charge in [0.05, 0.1) is 12.5 Å². The topological polar surface area (TPSA) is 36.2 Å². The lowest BCUT2D eigenvalue weighted by Gasteiger charge is -2.01. The van der Waals surface area contributed by atoms with Crippen LogP contribution < -0.4 is 9.47 Å². The van der Waals surface area contributed by atoms with Crippen LogP contribution in [0, 0.1) is 5.21 Å². The molecule has 0 bridgehead atoms. The summed E-state index contributed by atoms with van der Waals surface area (Å²) in [4.78, 5) is 0. The number of ether oxygens (including phenoxy) is 1. The molecule has 0 unspecified atom stereocenters. The molecule has 1 aromatic carbocycles. The van der Waals surface area contributed by atoms with E-state index in [2.05, 4.69) is 0 Å². The summed E-state index contributed by atoms with van der Waals surface area (Å²) in [5, 5.41) is 12.9. The van der Waals surface area contributed by atoms with Crippen LogP contribution in [0.5, 0.6) is 5.75 Å². The average molecular weight is 212 g/mol. The summed E-state index contributed by atoms with van der Waals surface area (Å²) in [7, 11) is 1.61. The van der Waals surface area contributed by atoms with Gasteiger partial charge in [-0.1, -0.05) is 6.07 Å². The molecule has 1 heterocycles. The Morgan fingerprint density at radius 1 is 1.21 bits per heavy atom.